The topological polar surface area (TPSA) is 41.5 Å². The second-order valence-corrected chi connectivity index (χ2v) is 12.4. The molecule has 3 heteroatoms. The predicted molar refractivity (Wildman–Crippen MR) is 120 cm³/mol. The van der Waals surface area contributed by atoms with Crippen molar-refractivity contribution >= 4 is 0 Å². The first-order chi connectivity index (χ1) is 14.4. The Bertz CT molecular complexity index is 732. The third kappa shape index (κ3) is 2.80. The molecule has 6 rings (SSSR count). The van der Waals surface area contributed by atoms with Gasteiger partial charge in [0.1, 0.15) is 0 Å². The van der Waals surface area contributed by atoms with E-state index in [1.54, 1.807) is 5.57 Å². The van der Waals surface area contributed by atoms with Gasteiger partial charge in [-0.05, 0) is 113 Å². The smallest absolute Gasteiger partial charge is 0.0765 e. The summed E-state index contributed by atoms with van der Waals surface area (Å²) in [6, 6.07) is 0.574. The van der Waals surface area contributed by atoms with E-state index in [0.29, 0.717) is 23.5 Å². The lowest BCUT2D eigenvalue weighted by Crippen LogP contribution is -2.47. The van der Waals surface area contributed by atoms with Crippen LogP contribution in [0.2, 0.25) is 0 Å². The molecule has 2 saturated heterocycles. The lowest BCUT2D eigenvalue weighted by atomic mass is 9.52. The minimum absolute atomic E-state index is 0.0366. The summed E-state index contributed by atoms with van der Waals surface area (Å²) in [5, 5.41) is 14.1. The quantitative estimate of drug-likeness (QED) is 0.535. The van der Waals surface area contributed by atoms with E-state index in [0.717, 1.165) is 36.5 Å². The molecule has 1 spiro atoms. The number of aliphatic hydroxyl groups is 1. The van der Waals surface area contributed by atoms with E-state index in [1.165, 1.54) is 64.3 Å². The fourth-order valence-electron chi connectivity index (χ4n) is 9.60. The van der Waals surface area contributed by atoms with E-state index in [-0.39, 0.29) is 11.7 Å². The van der Waals surface area contributed by atoms with Crippen LogP contribution in [-0.2, 0) is 4.74 Å². The number of rotatable bonds is 0. The normalized spacial score (nSPS) is 55.6. The maximum absolute atomic E-state index is 10.3. The summed E-state index contributed by atoms with van der Waals surface area (Å²) in [6.07, 6.45) is 14.1. The van der Waals surface area contributed by atoms with Gasteiger partial charge in [-0.1, -0.05) is 25.0 Å². The van der Waals surface area contributed by atoms with E-state index in [9.17, 15) is 5.11 Å². The van der Waals surface area contributed by atoms with Crippen molar-refractivity contribution in [3.63, 3.8) is 0 Å². The summed E-state index contributed by atoms with van der Waals surface area (Å²) in [5.74, 6) is 3.94. The van der Waals surface area contributed by atoms with E-state index >= 15 is 0 Å². The van der Waals surface area contributed by atoms with Gasteiger partial charge in [-0.25, -0.2) is 0 Å². The largest absolute Gasteiger partial charge is 0.393 e. The zero-order valence-electron chi connectivity index (χ0n) is 19.5. The van der Waals surface area contributed by atoms with Crippen molar-refractivity contribution in [2.75, 3.05) is 6.54 Å². The minimum Gasteiger partial charge on any atom is -0.393 e. The van der Waals surface area contributed by atoms with Crippen LogP contribution in [0, 0.1) is 35.0 Å². The second-order valence-electron chi connectivity index (χ2n) is 12.4. The molecule has 6 aliphatic rings. The molecule has 168 valence electrons. The highest BCUT2D eigenvalue weighted by molar-refractivity contribution is 5.29. The Morgan fingerprint density at radius 3 is 2.80 bits per heavy atom. The molecule has 0 radical (unpaired) electrons. The molecule has 0 amide bonds. The molecule has 2 aliphatic heterocycles. The molecular formula is C27H43NO2. The first-order valence-electron chi connectivity index (χ1n) is 13.2. The van der Waals surface area contributed by atoms with Crippen LogP contribution in [0.15, 0.2) is 11.1 Å². The Hall–Kier alpha value is -0.380. The van der Waals surface area contributed by atoms with Gasteiger partial charge in [0.05, 0.1) is 17.8 Å². The molecule has 30 heavy (non-hydrogen) atoms. The number of piperidine rings is 1. The molecular weight excluding hydrogens is 370 g/mol. The molecule has 3 saturated carbocycles. The van der Waals surface area contributed by atoms with E-state index < -0.39 is 0 Å². The van der Waals surface area contributed by atoms with E-state index in [4.69, 9.17) is 4.74 Å². The van der Waals surface area contributed by atoms with Crippen molar-refractivity contribution in [2.24, 2.45) is 35.0 Å². The van der Waals surface area contributed by atoms with Gasteiger partial charge in [-0.3, -0.25) is 0 Å². The third-order valence-electron chi connectivity index (χ3n) is 11.3. The Morgan fingerprint density at radius 2 is 1.97 bits per heavy atom. The number of nitrogens with one attached hydrogen (secondary N) is 1. The highest BCUT2D eigenvalue weighted by atomic mass is 16.5. The van der Waals surface area contributed by atoms with E-state index in [2.05, 4.69) is 26.1 Å². The van der Waals surface area contributed by atoms with Crippen LogP contribution in [0.4, 0.5) is 0 Å². The predicted octanol–water partition coefficient (Wildman–Crippen LogP) is 5.23. The Morgan fingerprint density at radius 1 is 1.10 bits per heavy atom. The Labute approximate surface area is 183 Å². The SMILES string of the molecule is CC1=C2C[C@H]3C(CC[C@@H]4C[C@H](O)CC[C@@]43C)[C@@H]2CC[C@@]2(C1)O[C@@H]1CCCN[C@H]1[C@H]2C. The highest BCUT2D eigenvalue weighted by Crippen LogP contribution is 2.65. The van der Waals surface area contributed by atoms with Crippen molar-refractivity contribution in [3.8, 4) is 0 Å². The molecule has 2 N–H and O–H groups in total. The Kier molecular flexibility index (Phi) is 4.76. The number of hydrogen-bond donors (Lipinski definition) is 2. The molecule has 0 aromatic carbocycles. The average molecular weight is 414 g/mol. The zero-order valence-corrected chi connectivity index (χ0v) is 19.5. The van der Waals surface area contributed by atoms with Crippen LogP contribution >= 0.6 is 0 Å². The first-order valence-corrected chi connectivity index (χ1v) is 13.2. The van der Waals surface area contributed by atoms with Crippen LogP contribution in [-0.4, -0.2) is 35.5 Å². The molecule has 0 bridgehead atoms. The number of allylic oxidation sites excluding steroid dienone is 1. The monoisotopic (exact) mass is 413 g/mol. The summed E-state index contributed by atoms with van der Waals surface area (Å²) < 4.78 is 6.95. The lowest BCUT2D eigenvalue weighted by Gasteiger charge is -2.53. The van der Waals surface area contributed by atoms with Crippen LogP contribution in [0.1, 0.15) is 91.4 Å². The first kappa shape index (κ1) is 20.2. The van der Waals surface area contributed by atoms with Crippen LogP contribution in [0.25, 0.3) is 0 Å². The van der Waals surface area contributed by atoms with Crippen molar-refractivity contribution in [1.82, 2.24) is 5.32 Å². The molecule has 1 unspecified atom stereocenters. The second kappa shape index (κ2) is 7.06. The third-order valence-corrected chi connectivity index (χ3v) is 11.3. The molecule has 10 atom stereocenters. The molecule has 2 heterocycles. The fraction of sp³-hybridized carbons (Fsp3) is 0.926. The van der Waals surface area contributed by atoms with Gasteiger partial charge >= 0.3 is 0 Å². The number of aliphatic hydroxyl groups excluding tert-OH is 1. The number of ether oxygens (including phenoxy) is 1. The van der Waals surface area contributed by atoms with Crippen molar-refractivity contribution in [2.45, 2.75) is 115 Å². The van der Waals surface area contributed by atoms with Crippen LogP contribution < -0.4 is 5.32 Å². The zero-order chi connectivity index (χ0) is 20.7. The Balaban J connectivity index is 1.28. The van der Waals surface area contributed by atoms with Gasteiger partial charge in [-0.15, -0.1) is 0 Å². The number of hydrogen-bond acceptors (Lipinski definition) is 3. The van der Waals surface area contributed by atoms with Gasteiger partial charge in [0, 0.05) is 12.0 Å². The fourth-order valence-corrected chi connectivity index (χ4v) is 9.60. The van der Waals surface area contributed by atoms with Gasteiger partial charge in [0.2, 0.25) is 0 Å². The van der Waals surface area contributed by atoms with E-state index in [1.807, 2.05) is 5.57 Å². The maximum atomic E-state index is 10.3. The molecule has 0 aromatic heterocycles. The average Bonchev–Trinajstić information content (AvgIpc) is 3.19. The molecule has 3 nitrogen and oxygen atoms in total. The molecule has 0 aromatic rings. The van der Waals surface area contributed by atoms with Crippen molar-refractivity contribution in [3.05, 3.63) is 11.1 Å². The molecule has 5 fully saturated rings. The van der Waals surface area contributed by atoms with Gasteiger partial charge in [0.25, 0.3) is 0 Å². The summed E-state index contributed by atoms with van der Waals surface area (Å²) in [6.45, 7) is 8.71. The highest BCUT2D eigenvalue weighted by Gasteiger charge is 2.59. The number of fused-ring (bicyclic) bond motifs is 6. The maximum Gasteiger partial charge on any atom is 0.0765 e. The lowest BCUT2D eigenvalue weighted by molar-refractivity contribution is -0.0775. The standard InChI is InChI=1S/C27H43NO2/c1-16-15-27(17(2)25-24(30-27)5-4-12-28-25)11-9-20-21-7-6-18-13-19(29)8-10-26(18,3)23(21)14-22(16)20/h17-21,23-25,28-29H,4-15H2,1-3H3/t17-,18-,19-,20+,21?,23+,24-,25+,26+,27+/m1/s1. The summed E-state index contributed by atoms with van der Waals surface area (Å²) in [7, 11) is 0. The van der Waals surface area contributed by atoms with Gasteiger partial charge in [-0.2, -0.15) is 0 Å². The summed E-state index contributed by atoms with van der Waals surface area (Å²) in [5.41, 5.74) is 4.08. The summed E-state index contributed by atoms with van der Waals surface area (Å²) >= 11 is 0. The van der Waals surface area contributed by atoms with Crippen LogP contribution in [0.5, 0.6) is 0 Å². The van der Waals surface area contributed by atoms with Crippen LogP contribution in [0.3, 0.4) is 0 Å². The minimum atomic E-state index is -0.0366. The van der Waals surface area contributed by atoms with Crippen molar-refractivity contribution in [1.29, 1.82) is 0 Å². The summed E-state index contributed by atoms with van der Waals surface area (Å²) in [4.78, 5) is 0. The van der Waals surface area contributed by atoms with Gasteiger partial charge in [0.15, 0.2) is 0 Å². The van der Waals surface area contributed by atoms with Gasteiger partial charge < -0.3 is 15.2 Å². The molecule has 4 aliphatic carbocycles. The van der Waals surface area contributed by atoms with Crippen molar-refractivity contribution < 1.29 is 9.84 Å².